The number of ether oxygens (including phenoxy) is 1. The molecule has 0 saturated carbocycles. The Balaban J connectivity index is 1.45. The molecule has 2 aromatic heterocycles. The number of carbonyl (C=O) groups is 2. The van der Waals surface area contributed by atoms with Gasteiger partial charge in [0.25, 0.3) is 0 Å². The molecule has 0 spiro atoms. The number of H-pyrrole nitrogens is 2. The quantitative estimate of drug-likeness (QED) is 0.420. The van der Waals surface area contributed by atoms with Crippen LogP contribution in [-0.2, 0) is 4.74 Å². The summed E-state index contributed by atoms with van der Waals surface area (Å²) in [5.41, 5.74) is 3.34. The zero-order chi connectivity index (χ0) is 23.9. The number of benzene rings is 2. The van der Waals surface area contributed by atoms with E-state index in [1.807, 2.05) is 57.2 Å². The van der Waals surface area contributed by atoms with Crippen LogP contribution in [0.2, 0.25) is 0 Å². The van der Waals surface area contributed by atoms with Crippen LogP contribution in [0.5, 0.6) is 0 Å². The second kappa shape index (κ2) is 8.40. The summed E-state index contributed by atoms with van der Waals surface area (Å²) in [5, 5.41) is 15.9. The molecule has 174 valence electrons. The van der Waals surface area contributed by atoms with E-state index in [0.717, 1.165) is 46.9 Å². The number of rotatable bonds is 4. The van der Waals surface area contributed by atoms with E-state index in [2.05, 4.69) is 20.4 Å². The maximum Gasteiger partial charge on any atom is 0.410 e. The maximum atomic E-state index is 12.7. The molecule has 9 heteroatoms. The van der Waals surface area contributed by atoms with Crippen LogP contribution in [0, 0.1) is 0 Å². The molecule has 5 rings (SSSR count). The smallest absolute Gasteiger partial charge is 0.410 e. The summed E-state index contributed by atoms with van der Waals surface area (Å²) in [6, 6.07) is 13.0. The van der Waals surface area contributed by atoms with E-state index in [9.17, 15) is 9.59 Å². The molecule has 0 bridgehead atoms. The van der Waals surface area contributed by atoms with Gasteiger partial charge in [-0.25, -0.2) is 9.78 Å². The second-order valence-electron chi connectivity index (χ2n) is 9.45. The molecule has 3 heterocycles. The summed E-state index contributed by atoms with van der Waals surface area (Å²) in [6.45, 7) is 6.20. The van der Waals surface area contributed by atoms with Crippen LogP contribution in [0.1, 0.15) is 55.8 Å². The number of nitrogens with zero attached hydrogens (tertiary/aromatic N) is 4. The number of aromatic amines is 2. The van der Waals surface area contributed by atoms with Crippen molar-refractivity contribution in [3.63, 3.8) is 0 Å². The van der Waals surface area contributed by atoms with Crippen LogP contribution in [0.15, 0.2) is 42.5 Å². The molecule has 1 saturated heterocycles. The molecule has 9 nitrogen and oxygen atoms in total. The average molecular weight is 459 g/mol. The molecule has 1 unspecified atom stereocenters. The van der Waals surface area contributed by atoms with Crippen LogP contribution < -0.4 is 0 Å². The molecular formula is C25H26N6O3. The first kappa shape index (κ1) is 21.8. The summed E-state index contributed by atoms with van der Waals surface area (Å²) in [7, 11) is 0. The van der Waals surface area contributed by atoms with Crippen LogP contribution in [0.4, 0.5) is 4.79 Å². The first-order valence-corrected chi connectivity index (χ1v) is 11.3. The molecule has 1 aliphatic heterocycles. The van der Waals surface area contributed by atoms with Gasteiger partial charge in [-0.1, -0.05) is 18.2 Å². The van der Waals surface area contributed by atoms with Gasteiger partial charge < -0.3 is 4.74 Å². The topological polar surface area (TPSA) is 117 Å². The lowest BCUT2D eigenvalue weighted by atomic mass is 10.0. The third kappa shape index (κ3) is 4.16. The predicted molar refractivity (Wildman–Crippen MR) is 127 cm³/mol. The van der Waals surface area contributed by atoms with E-state index in [0.29, 0.717) is 23.8 Å². The molecular weight excluding hydrogens is 432 g/mol. The van der Waals surface area contributed by atoms with Gasteiger partial charge in [-0.3, -0.25) is 19.9 Å². The van der Waals surface area contributed by atoms with Crippen LogP contribution in [0.25, 0.3) is 33.5 Å². The number of hydrogen-bond acceptors (Lipinski definition) is 6. The van der Waals surface area contributed by atoms with Gasteiger partial charge in [0.05, 0.1) is 17.3 Å². The molecule has 1 atom stereocenters. The van der Waals surface area contributed by atoms with Crippen molar-refractivity contribution in [2.24, 2.45) is 0 Å². The van der Waals surface area contributed by atoms with Gasteiger partial charge >= 0.3 is 6.09 Å². The fourth-order valence-corrected chi connectivity index (χ4v) is 4.27. The van der Waals surface area contributed by atoms with E-state index in [4.69, 9.17) is 9.72 Å². The lowest BCUT2D eigenvalue weighted by Gasteiger charge is -2.27. The first-order chi connectivity index (χ1) is 16.3. The molecule has 1 aliphatic rings. The Hall–Kier alpha value is -4.01. The van der Waals surface area contributed by atoms with Crippen molar-refractivity contribution in [1.82, 2.24) is 30.3 Å². The Morgan fingerprint density at radius 1 is 1.12 bits per heavy atom. The van der Waals surface area contributed by atoms with Crippen molar-refractivity contribution in [2.45, 2.75) is 45.3 Å². The Morgan fingerprint density at radius 3 is 2.76 bits per heavy atom. The highest BCUT2D eigenvalue weighted by Crippen LogP contribution is 2.33. The highest BCUT2D eigenvalue weighted by atomic mass is 16.6. The zero-order valence-electron chi connectivity index (χ0n) is 19.3. The maximum absolute atomic E-state index is 12.7. The summed E-state index contributed by atoms with van der Waals surface area (Å²) >= 11 is 0. The largest absolute Gasteiger partial charge is 0.444 e. The van der Waals surface area contributed by atoms with Crippen molar-refractivity contribution < 1.29 is 14.3 Å². The van der Waals surface area contributed by atoms with Gasteiger partial charge in [0.2, 0.25) is 0 Å². The van der Waals surface area contributed by atoms with Gasteiger partial charge in [-0.05, 0) is 57.9 Å². The van der Waals surface area contributed by atoms with Crippen molar-refractivity contribution in [3.05, 3.63) is 53.9 Å². The summed E-state index contributed by atoms with van der Waals surface area (Å²) in [5.74, 6) is 1.19. The average Bonchev–Trinajstić information content (AvgIpc) is 3.56. The second-order valence-corrected chi connectivity index (χ2v) is 9.45. The van der Waals surface area contributed by atoms with E-state index < -0.39 is 5.60 Å². The number of hydrogen-bond donors (Lipinski definition) is 2. The molecule has 2 aromatic carbocycles. The summed E-state index contributed by atoms with van der Waals surface area (Å²) in [4.78, 5) is 30.3. The number of nitrogens with one attached hydrogen (secondary N) is 2. The molecule has 1 amide bonds. The SMILES string of the molecule is CC(C)(C)OC(=O)N1CCCC1c1nc(-c2ccc3[nH]nc(-c4cccc(C=O)c4)c3c2)n[nH]1. The Bertz CT molecular complexity index is 1370. The minimum Gasteiger partial charge on any atom is -0.444 e. The Morgan fingerprint density at radius 2 is 1.97 bits per heavy atom. The molecule has 2 N–H and O–H groups in total. The van der Waals surface area contributed by atoms with Crippen molar-refractivity contribution in [2.75, 3.05) is 6.54 Å². The predicted octanol–water partition coefficient (Wildman–Crippen LogP) is 4.90. The third-order valence-electron chi connectivity index (χ3n) is 5.82. The Labute approximate surface area is 196 Å². The lowest BCUT2D eigenvalue weighted by Crippen LogP contribution is -2.36. The number of likely N-dealkylation sites (tertiary alicyclic amines) is 1. The number of amides is 1. The minimum atomic E-state index is -0.556. The van der Waals surface area contributed by atoms with E-state index in [1.54, 1.807) is 11.0 Å². The monoisotopic (exact) mass is 458 g/mol. The van der Waals surface area contributed by atoms with Gasteiger partial charge in [0.15, 0.2) is 5.82 Å². The van der Waals surface area contributed by atoms with Gasteiger partial charge in [-0.15, -0.1) is 0 Å². The number of aldehydes is 1. The van der Waals surface area contributed by atoms with Gasteiger partial charge in [0.1, 0.15) is 17.7 Å². The summed E-state index contributed by atoms with van der Waals surface area (Å²) in [6.07, 6.45) is 2.16. The lowest BCUT2D eigenvalue weighted by molar-refractivity contribution is 0.0218. The van der Waals surface area contributed by atoms with E-state index >= 15 is 0 Å². The summed E-state index contributed by atoms with van der Waals surface area (Å²) < 4.78 is 5.57. The molecule has 34 heavy (non-hydrogen) atoms. The Kier molecular flexibility index (Phi) is 5.39. The van der Waals surface area contributed by atoms with Crippen molar-refractivity contribution in [3.8, 4) is 22.6 Å². The normalized spacial score (nSPS) is 16.2. The van der Waals surface area contributed by atoms with E-state index in [-0.39, 0.29) is 12.1 Å². The zero-order valence-corrected chi connectivity index (χ0v) is 19.3. The number of carbonyl (C=O) groups excluding carboxylic acids is 2. The number of aromatic nitrogens is 5. The molecule has 4 aromatic rings. The number of fused-ring (bicyclic) bond motifs is 1. The van der Waals surface area contributed by atoms with Crippen molar-refractivity contribution >= 4 is 23.3 Å². The van der Waals surface area contributed by atoms with Crippen LogP contribution in [-0.4, -0.2) is 54.8 Å². The van der Waals surface area contributed by atoms with Crippen molar-refractivity contribution in [1.29, 1.82) is 0 Å². The highest BCUT2D eigenvalue weighted by Gasteiger charge is 2.35. The van der Waals surface area contributed by atoms with Crippen LogP contribution in [0.3, 0.4) is 0 Å². The van der Waals surface area contributed by atoms with E-state index in [1.165, 1.54) is 0 Å². The first-order valence-electron chi connectivity index (χ1n) is 11.3. The standard InChI is InChI=1S/C25H26N6O3/c1-25(2,3)34-24(33)31-11-5-8-20(31)23-26-22(29-30-23)17-9-10-19-18(13-17)21(28-27-19)16-7-4-6-15(12-16)14-32/h4,6-7,9-10,12-14,20H,5,8,11H2,1-3H3,(H,27,28)(H,26,29,30). The van der Waals surface area contributed by atoms with Crippen LogP contribution >= 0.6 is 0 Å². The highest BCUT2D eigenvalue weighted by molar-refractivity contribution is 5.96. The third-order valence-corrected chi connectivity index (χ3v) is 5.82. The molecule has 1 fully saturated rings. The van der Waals surface area contributed by atoms with Gasteiger partial charge in [0, 0.05) is 28.6 Å². The minimum absolute atomic E-state index is 0.199. The fourth-order valence-electron chi connectivity index (χ4n) is 4.27. The van der Waals surface area contributed by atoms with Gasteiger partial charge in [-0.2, -0.15) is 10.2 Å². The fraction of sp³-hybridized carbons (Fsp3) is 0.320. The molecule has 0 aliphatic carbocycles. The molecule has 0 radical (unpaired) electrons.